The predicted octanol–water partition coefficient (Wildman–Crippen LogP) is 5.30. The number of nitrogens with zero attached hydrogens (tertiary/aromatic N) is 2. The van der Waals surface area contributed by atoms with Crippen LogP contribution in [0.1, 0.15) is 80.1 Å². The summed E-state index contributed by atoms with van der Waals surface area (Å²) in [6.07, 6.45) is 6.73. The van der Waals surface area contributed by atoms with E-state index in [1.165, 1.54) is 12.8 Å². The third-order valence-corrected chi connectivity index (χ3v) is 9.01. The fourth-order valence-electron chi connectivity index (χ4n) is 4.79. The van der Waals surface area contributed by atoms with Crippen molar-refractivity contribution in [3.05, 3.63) is 0 Å². The first-order valence-electron chi connectivity index (χ1n) is 9.64. The molecule has 14 heteroatoms. The standard InChI is InChI=1S/C15H31N3.HO8P3/c1-7-13(8-2)14(9-3,10-4)16-18-17-15(13,11-5)12-6;1-9(2)7-11(5,6)8-10(3)4/h7-12H2,1-6H3,(H,16,17);(H-2,1,2,3,4,5,6)/p+2. The number of hydrogen-bond acceptors (Lipinski definition) is 8. The molecule has 0 aromatic carbocycles. The van der Waals surface area contributed by atoms with E-state index in [2.05, 4.69) is 60.8 Å². The van der Waals surface area contributed by atoms with Crippen LogP contribution in [0, 0.1) is 5.41 Å². The lowest BCUT2D eigenvalue weighted by Crippen LogP contribution is -2.67. The van der Waals surface area contributed by atoms with Gasteiger partial charge in [0.25, 0.3) is 0 Å². The molecule has 29 heavy (non-hydrogen) atoms. The molecule has 0 saturated carbocycles. The van der Waals surface area contributed by atoms with Gasteiger partial charge in [-0.2, -0.15) is 5.11 Å². The highest BCUT2D eigenvalue weighted by Crippen LogP contribution is 2.57. The van der Waals surface area contributed by atoms with Crippen molar-refractivity contribution < 1.29 is 37.0 Å². The Balaban J connectivity index is 0.000000614. The fraction of sp³-hybridized carbons (Fsp3) is 1.00. The average Bonchev–Trinajstić information content (AvgIpc) is 2.65. The van der Waals surface area contributed by atoms with Crippen LogP contribution < -0.4 is 5.43 Å². The Labute approximate surface area is 174 Å². The molecule has 0 saturated heterocycles. The lowest BCUT2D eigenvalue weighted by molar-refractivity contribution is -0.0500. The van der Waals surface area contributed by atoms with Crippen LogP contribution in [-0.4, -0.2) is 25.8 Å². The normalized spacial score (nSPS) is 21.8. The van der Waals surface area contributed by atoms with Crippen LogP contribution in [0.4, 0.5) is 0 Å². The zero-order valence-electron chi connectivity index (χ0n) is 17.9. The van der Waals surface area contributed by atoms with Gasteiger partial charge in [-0.15, -0.1) is 9.79 Å². The highest BCUT2D eigenvalue weighted by Gasteiger charge is 2.60. The number of phosphoric acid groups is 1. The molecule has 1 heterocycles. The highest BCUT2D eigenvalue weighted by molar-refractivity contribution is 7.60. The SMILES string of the molecule is CCC1(CC)N=NNC(CC)(CC)C1(CC)CC.O=[P+](O)OP(=O)(O)O[P+](=O)O. The molecule has 0 bridgehead atoms. The minimum Gasteiger partial charge on any atom is -0.297 e. The number of hydrogen-bond donors (Lipinski definition) is 4. The Kier molecular flexibility index (Phi) is 11.7. The summed E-state index contributed by atoms with van der Waals surface area (Å²) < 4.78 is 36.4. The molecule has 11 nitrogen and oxygen atoms in total. The minimum atomic E-state index is -4.87. The molecule has 0 aromatic rings. The molecule has 2 unspecified atom stereocenters. The lowest BCUT2D eigenvalue weighted by Gasteiger charge is -2.59. The summed E-state index contributed by atoms with van der Waals surface area (Å²) in [5.41, 5.74) is 3.73. The summed E-state index contributed by atoms with van der Waals surface area (Å²) in [7, 11) is -11.6. The summed E-state index contributed by atoms with van der Waals surface area (Å²) in [6, 6.07) is 0. The minimum absolute atomic E-state index is 0.00771. The third kappa shape index (κ3) is 6.31. The van der Waals surface area contributed by atoms with Crippen LogP contribution in [0.3, 0.4) is 0 Å². The quantitative estimate of drug-likeness (QED) is 0.305. The van der Waals surface area contributed by atoms with Gasteiger partial charge in [-0.1, -0.05) is 46.8 Å². The van der Waals surface area contributed by atoms with Crippen LogP contribution in [0.5, 0.6) is 0 Å². The molecule has 1 rings (SSSR count). The molecule has 0 aliphatic carbocycles. The van der Waals surface area contributed by atoms with Crippen molar-refractivity contribution in [1.82, 2.24) is 5.43 Å². The maximum Gasteiger partial charge on any atom is 0.705 e. The monoisotopic (exact) mass is 477 g/mol. The second-order valence-electron chi connectivity index (χ2n) is 6.74. The van der Waals surface area contributed by atoms with Crippen molar-refractivity contribution in [2.45, 2.75) is 91.1 Å². The van der Waals surface area contributed by atoms with E-state index >= 15 is 0 Å². The second kappa shape index (κ2) is 11.9. The zero-order valence-corrected chi connectivity index (χ0v) is 20.5. The van der Waals surface area contributed by atoms with Crippen molar-refractivity contribution in [3.8, 4) is 0 Å². The fourth-order valence-corrected chi connectivity index (χ4v) is 6.59. The molecule has 0 fully saturated rings. The molecular weight excluding hydrogens is 443 g/mol. The summed E-state index contributed by atoms with van der Waals surface area (Å²) in [5.74, 6) is 0. The second-order valence-corrected chi connectivity index (χ2v) is 9.93. The Morgan fingerprint density at radius 2 is 1.28 bits per heavy atom. The van der Waals surface area contributed by atoms with Crippen molar-refractivity contribution in [1.29, 1.82) is 0 Å². The Hall–Kier alpha value is -0.370. The van der Waals surface area contributed by atoms with E-state index in [0.717, 1.165) is 25.7 Å². The maximum absolute atomic E-state index is 10.3. The Bertz CT molecular complexity index is 614. The molecule has 2 atom stereocenters. The van der Waals surface area contributed by atoms with E-state index in [1.807, 2.05) is 0 Å². The number of nitrogens with one attached hydrogen (secondary N) is 1. The van der Waals surface area contributed by atoms with E-state index < -0.39 is 24.3 Å². The summed E-state index contributed by atoms with van der Waals surface area (Å²) in [6.45, 7) is 13.8. The molecule has 170 valence electrons. The summed E-state index contributed by atoms with van der Waals surface area (Å²) in [5, 5.41) is 9.03. The van der Waals surface area contributed by atoms with Crippen molar-refractivity contribution >= 4 is 24.3 Å². The van der Waals surface area contributed by atoms with Crippen LogP contribution in [0.25, 0.3) is 0 Å². The van der Waals surface area contributed by atoms with Gasteiger partial charge < -0.3 is 0 Å². The van der Waals surface area contributed by atoms with Gasteiger partial charge in [0.1, 0.15) is 0 Å². The van der Waals surface area contributed by atoms with Gasteiger partial charge in [0, 0.05) is 23.2 Å². The molecule has 4 N–H and O–H groups in total. The van der Waals surface area contributed by atoms with E-state index in [-0.39, 0.29) is 16.5 Å². The van der Waals surface area contributed by atoms with Gasteiger partial charge in [0.2, 0.25) is 0 Å². The van der Waals surface area contributed by atoms with E-state index in [0.29, 0.717) is 0 Å². The van der Waals surface area contributed by atoms with Gasteiger partial charge >= 0.3 is 24.3 Å². The van der Waals surface area contributed by atoms with Crippen molar-refractivity contribution in [3.63, 3.8) is 0 Å². The smallest absolute Gasteiger partial charge is 0.297 e. The largest absolute Gasteiger partial charge is 0.705 e. The molecule has 0 radical (unpaired) electrons. The molecule has 1 aliphatic rings. The van der Waals surface area contributed by atoms with Crippen LogP contribution in [0.15, 0.2) is 10.3 Å². The van der Waals surface area contributed by atoms with E-state index in [1.54, 1.807) is 0 Å². The van der Waals surface area contributed by atoms with Crippen LogP contribution in [0.2, 0.25) is 0 Å². The maximum atomic E-state index is 10.3. The molecule has 1 aliphatic heterocycles. The topological polar surface area (TPSA) is 167 Å². The zero-order chi connectivity index (χ0) is 22.9. The first-order chi connectivity index (χ1) is 13.4. The van der Waals surface area contributed by atoms with Gasteiger partial charge in [-0.05, 0) is 38.5 Å². The Morgan fingerprint density at radius 3 is 1.55 bits per heavy atom. The van der Waals surface area contributed by atoms with Crippen LogP contribution in [-0.2, 0) is 22.3 Å². The van der Waals surface area contributed by atoms with E-state index in [4.69, 9.17) is 19.8 Å². The van der Waals surface area contributed by atoms with Gasteiger partial charge in [0.15, 0.2) is 0 Å². The van der Waals surface area contributed by atoms with Crippen LogP contribution >= 0.6 is 24.3 Å². The van der Waals surface area contributed by atoms with Crippen molar-refractivity contribution in [2.75, 3.05) is 0 Å². The predicted molar refractivity (Wildman–Crippen MR) is 109 cm³/mol. The van der Waals surface area contributed by atoms with Gasteiger partial charge in [-0.3, -0.25) is 10.3 Å². The van der Waals surface area contributed by atoms with Crippen molar-refractivity contribution in [2.24, 2.45) is 15.8 Å². The average molecular weight is 477 g/mol. The first kappa shape index (κ1) is 28.6. The number of rotatable bonds is 10. The molecule has 0 aromatic heterocycles. The molecule has 0 amide bonds. The van der Waals surface area contributed by atoms with E-state index in [9.17, 15) is 13.7 Å². The summed E-state index contributed by atoms with van der Waals surface area (Å²) in [4.78, 5) is 24.1. The first-order valence-corrected chi connectivity index (χ1v) is 13.4. The Morgan fingerprint density at radius 1 is 0.862 bits per heavy atom. The third-order valence-electron chi connectivity index (χ3n) is 6.24. The molecular formula is C15H34N3O8P3+2. The lowest BCUT2D eigenvalue weighted by atomic mass is 9.52. The summed E-state index contributed by atoms with van der Waals surface area (Å²) >= 11 is 0. The highest BCUT2D eigenvalue weighted by atomic mass is 31.3. The molecule has 0 spiro atoms. The van der Waals surface area contributed by atoms with Gasteiger partial charge in [0.05, 0.1) is 11.1 Å². The van der Waals surface area contributed by atoms with Gasteiger partial charge in [-0.25, -0.2) is 4.57 Å².